The number of nitriles is 1. The van der Waals surface area contributed by atoms with Crippen LogP contribution in [-0.2, 0) is 14.3 Å². The van der Waals surface area contributed by atoms with Gasteiger partial charge >= 0.3 is 5.97 Å². The van der Waals surface area contributed by atoms with Crippen LogP contribution in [0.15, 0.2) is 0 Å². The summed E-state index contributed by atoms with van der Waals surface area (Å²) in [7, 11) is 0. The van der Waals surface area contributed by atoms with Crippen molar-refractivity contribution in [1.29, 1.82) is 5.26 Å². The van der Waals surface area contributed by atoms with Crippen molar-refractivity contribution in [2.75, 3.05) is 13.2 Å². The quantitative estimate of drug-likeness (QED) is 0.668. The highest BCUT2D eigenvalue weighted by Crippen LogP contribution is 2.46. The highest BCUT2D eigenvalue weighted by Gasteiger charge is 2.47. The molecule has 22 heavy (non-hydrogen) atoms. The largest absolute Gasteiger partial charge is 0.465 e. The Morgan fingerprint density at radius 1 is 1.41 bits per heavy atom. The van der Waals surface area contributed by atoms with Crippen LogP contribution in [-0.4, -0.2) is 25.3 Å². The summed E-state index contributed by atoms with van der Waals surface area (Å²) >= 11 is 0. The maximum atomic E-state index is 12.3. The van der Waals surface area contributed by atoms with Crippen LogP contribution in [0.3, 0.4) is 0 Å². The maximum Gasteiger partial charge on any atom is 0.323 e. The van der Waals surface area contributed by atoms with E-state index in [1.807, 2.05) is 0 Å². The van der Waals surface area contributed by atoms with Crippen LogP contribution in [0.4, 0.5) is 0 Å². The predicted octanol–water partition coefficient (Wildman–Crippen LogP) is 3.95. The summed E-state index contributed by atoms with van der Waals surface area (Å²) in [5, 5.41) is 9.64. The van der Waals surface area contributed by atoms with Crippen LogP contribution in [0.25, 0.3) is 0 Å². The van der Waals surface area contributed by atoms with Crippen molar-refractivity contribution < 1.29 is 14.3 Å². The summed E-state index contributed by atoms with van der Waals surface area (Å²) < 4.78 is 11.0. The molecule has 0 saturated carbocycles. The van der Waals surface area contributed by atoms with Gasteiger partial charge in [-0.3, -0.25) is 4.79 Å². The zero-order valence-corrected chi connectivity index (χ0v) is 14.7. The molecular weight excluding hydrogens is 278 g/mol. The molecule has 0 aliphatic carbocycles. The van der Waals surface area contributed by atoms with E-state index in [9.17, 15) is 10.1 Å². The molecule has 0 aromatic heterocycles. The number of rotatable bonds is 7. The van der Waals surface area contributed by atoms with E-state index in [0.717, 1.165) is 25.7 Å². The van der Waals surface area contributed by atoms with Crippen molar-refractivity contribution in [3.63, 3.8) is 0 Å². The van der Waals surface area contributed by atoms with Gasteiger partial charge in [-0.05, 0) is 38.0 Å². The molecule has 1 heterocycles. The molecule has 4 heteroatoms. The SMILES string of the molecule is CCOC(=O)C(C#N)C1(CCC(C)C)CCOC(C(C)C)C1. The average Bonchev–Trinajstić information content (AvgIpc) is 2.46. The smallest absolute Gasteiger partial charge is 0.323 e. The van der Waals surface area contributed by atoms with E-state index in [1.54, 1.807) is 6.92 Å². The van der Waals surface area contributed by atoms with Crippen molar-refractivity contribution in [3.05, 3.63) is 0 Å². The van der Waals surface area contributed by atoms with Gasteiger partial charge in [0.15, 0.2) is 0 Å². The minimum absolute atomic E-state index is 0.117. The molecule has 126 valence electrons. The van der Waals surface area contributed by atoms with E-state index in [4.69, 9.17) is 9.47 Å². The van der Waals surface area contributed by atoms with E-state index in [1.165, 1.54) is 0 Å². The first-order chi connectivity index (χ1) is 10.4. The van der Waals surface area contributed by atoms with Gasteiger partial charge in [-0.2, -0.15) is 5.26 Å². The minimum Gasteiger partial charge on any atom is -0.465 e. The Morgan fingerprint density at radius 2 is 2.09 bits per heavy atom. The van der Waals surface area contributed by atoms with Crippen molar-refractivity contribution in [2.24, 2.45) is 23.2 Å². The summed E-state index contributed by atoms with van der Waals surface area (Å²) in [6.07, 6.45) is 3.55. The number of esters is 1. The van der Waals surface area contributed by atoms with Crippen molar-refractivity contribution >= 4 is 5.97 Å². The minimum atomic E-state index is -0.684. The Hall–Kier alpha value is -1.08. The van der Waals surface area contributed by atoms with Gasteiger partial charge in [0, 0.05) is 12.0 Å². The summed E-state index contributed by atoms with van der Waals surface area (Å²) in [6.45, 7) is 11.4. The summed E-state index contributed by atoms with van der Waals surface area (Å²) in [5.74, 6) is -0.103. The van der Waals surface area contributed by atoms with Crippen LogP contribution in [0.5, 0.6) is 0 Å². The van der Waals surface area contributed by atoms with E-state index in [2.05, 4.69) is 33.8 Å². The summed E-state index contributed by atoms with van der Waals surface area (Å²) in [4.78, 5) is 12.3. The molecule has 1 fully saturated rings. The number of ether oxygens (including phenoxy) is 2. The van der Waals surface area contributed by atoms with Gasteiger partial charge in [-0.1, -0.05) is 34.1 Å². The molecule has 0 spiro atoms. The monoisotopic (exact) mass is 309 g/mol. The topological polar surface area (TPSA) is 59.3 Å². The lowest BCUT2D eigenvalue weighted by atomic mass is 9.64. The van der Waals surface area contributed by atoms with Crippen molar-refractivity contribution in [2.45, 2.75) is 66.4 Å². The molecule has 3 atom stereocenters. The fraction of sp³-hybridized carbons (Fsp3) is 0.889. The molecule has 1 rings (SSSR count). The van der Waals surface area contributed by atoms with E-state index in [-0.39, 0.29) is 17.5 Å². The molecule has 1 aliphatic heterocycles. The fourth-order valence-corrected chi connectivity index (χ4v) is 3.28. The number of nitrogens with zero attached hydrogens (tertiary/aromatic N) is 1. The van der Waals surface area contributed by atoms with E-state index < -0.39 is 5.92 Å². The molecule has 0 aromatic rings. The van der Waals surface area contributed by atoms with Crippen LogP contribution in [0, 0.1) is 34.5 Å². The molecular formula is C18H31NO3. The average molecular weight is 309 g/mol. The Bertz CT molecular complexity index is 400. The van der Waals surface area contributed by atoms with Gasteiger partial charge in [0.1, 0.15) is 5.92 Å². The summed E-state index contributed by atoms with van der Waals surface area (Å²) in [5.41, 5.74) is -0.307. The predicted molar refractivity (Wildman–Crippen MR) is 86.1 cm³/mol. The highest BCUT2D eigenvalue weighted by atomic mass is 16.5. The van der Waals surface area contributed by atoms with Gasteiger partial charge in [0.05, 0.1) is 18.8 Å². The molecule has 1 aliphatic rings. The van der Waals surface area contributed by atoms with Gasteiger partial charge < -0.3 is 9.47 Å². The van der Waals surface area contributed by atoms with Crippen molar-refractivity contribution in [3.8, 4) is 6.07 Å². The molecule has 0 amide bonds. The second kappa shape index (κ2) is 8.53. The first-order valence-corrected chi connectivity index (χ1v) is 8.54. The van der Waals surface area contributed by atoms with Crippen LogP contribution in [0.2, 0.25) is 0 Å². The number of carbonyl (C=O) groups excluding carboxylic acids is 1. The van der Waals surface area contributed by atoms with Crippen molar-refractivity contribution in [1.82, 2.24) is 0 Å². The van der Waals surface area contributed by atoms with Crippen LogP contribution >= 0.6 is 0 Å². The zero-order chi connectivity index (χ0) is 16.8. The number of hydrogen-bond donors (Lipinski definition) is 0. The third kappa shape index (κ3) is 4.71. The fourth-order valence-electron chi connectivity index (χ4n) is 3.28. The van der Waals surface area contributed by atoms with Gasteiger partial charge in [-0.25, -0.2) is 0 Å². The third-order valence-electron chi connectivity index (χ3n) is 4.77. The lowest BCUT2D eigenvalue weighted by Crippen LogP contribution is -2.45. The zero-order valence-electron chi connectivity index (χ0n) is 14.7. The molecule has 0 bridgehead atoms. The van der Waals surface area contributed by atoms with E-state index >= 15 is 0 Å². The molecule has 3 unspecified atom stereocenters. The number of carbonyl (C=O) groups is 1. The Morgan fingerprint density at radius 3 is 2.59 bits per heavy atom. The third-order valence-corrected chi connectivity index (χ3v) is 4.77. The van der Waals surface area contributed by atoms with Gasteiger partial charge in [0.25, 0.3) is 0 Å². The Balaban J connectivity index is 3.04. The Labute approximate surface area is 135 Å². The Kier molecular flexibility index (Phi) is 7.35. The van der Waals surface area contributed by atoms with E-state index in [0.29, 0.717) is 25.0 Å². The maximum absolute atomic E-state index is 12.3. The second-order valence-electron chi connectivity index (χ2n) is 7.22. The number of hydrogen-bond acceptors (Lipinski definition) is 4. The normalized spacial score (nSPS) is 26.7. The highest BCUT2D eigenvalue weighted by molar-refractivity contribution is 5.76. The summed E-state index contributed by atoms with van der Waals surface area (Å²) in [6, 6.07) is 2.25. The van der Waals surface area contributed by atoms with Gasteiger partial charge in [0.2, 0.25) is 0 Å². The van der Waals surface area contributed by atoms with Crippen LogP contribution < -0.4 is 0 Å². The lowest BCUT2D eigenvalue weighted by molar-refractivity contribution is -0.156. The first-order valence-electron chi connectivity index (χ1n) is 8.54. The first kappa shape index (κ1) is 19.0. The molecule has 0 aromatic carbocycles. The lowest BCUT2D eigenvalue weighted by Gasteiger charge is -2.44. The van der Waals surface area contributed by atoms with Gasteiger partial charge in [-0.15, -0.1) is 0 Å². The molecule has 4 nitrogen and oxygen atoms in total. The standard InChI is InChI=1S/C18H31NO3/c1-6-21-17(20)15(12-19)18(8-7-13(2)3)9-10-22-16(11-18)14(4)5/h13-16H,6-11H2,1-5H3. The molecule has 0 radical (unpaired) electrons. The molecule has 1 saturated heterocycles. The second-order valence-corrected chi connectivity index (χ2v) is 7.22. The van der Waals surface area contributed by atoms with Crippen LogP contribution in [0.1, 0.15) is 60.3 Å². The molecule has 0 N–H and O–H groups in total.